The average molecular weight is 319 g/mol. The van der Waals surface area contributed by atoms with Crippen molar-refractivity contribution in [3.63, 3.8) is 0 Å². The van der Waals surface area contributed by atoms with Gasteiger partial charge < -0.3 is 15.2 Å². The Kier molecular flexibility index (Phi) is 5.14. The van der Waals surface area contributed by atoms with Crippen LogP contribution in [0.5, 0.6) is 5.75 Å². The third kappa shape index (κ3) is 3.76. The van der Waals surface area contributed by atoms with E-state index in [1.54, 1.807) is 7.11 Å². The van der Waals surface area contributed by atoms with Crippen molar-refractivity contribution in [2.75, 3.05) is 12.4 Å². The molecular formula is C21H21NO2. The molecular weight excluding hydrogens is 298 g/mol. The molecule has 0 radical (unpaired) electrons. The van der Waals surface area contributed by atoms with Crippen molar-refractivity contribution in [3.8, 4) is 5.75 Å². The maximum Gasteiger partial charge on any atom is 0.119 e. The maximum absolute atomic E-state index is 10.9. The number of aliphatic hydroxyl groups excluding tert-OH is 1. The van der Waals surface area contributed by atoms with Crippen LogP contribution in [-0.4, -0.2) is 12.2 Å². The van der Waals surface area contributed by atoms with Gasteiger partial charge in [-0.15, -0.1) is 0 Å². The minimum absolute atomic E-state index is 0.248. The number of benzene rings is 3. The van der Waals surface area contributed by atoms with E-state index in [2.05, 4.69) is 5.32 Å². The minimum Gasteiger partial charge on any atom is -0.497 e. The lowest BCUT2D eigenvalue weighted by molar-refractivity contribution is 0.155. The Hall–Kier alpha value is -2.78. The smallest absolute Gasteiger partial charge is 0.119 e. The van der Waals surface area contributed by atoms with Crippen molar-refractivity contribution in [1.82, 2.24) is 0 Å². The highest BCUT2D eigenvalue weighted by Crippen LogP contribution is 2.32. The van der Waals surface area contributed by atoms with Gasteiger partial charge in [-0.2, -0.15) is 0 Å². The highest BCUT2D eigenvalue weighted by Gasteiger charge is 2.22. The molecule has 24 heavy (non-hydrogen) atoms. The Bertz CT molecular complexity index is 742. The minimum atomic E-state index is -0.657. The van der Waals surface area contributed by atoms with Gasteiger partial charge in [0.15, 0.2) is 0 Å². The average Bonchev–Trinajstić information content (AvgIpc) is 2.67. The summed E-state index contributed by atoms with van der Waals surface area (Å²) in [7, 11) is 1.65. The maximum atomic E-state index is 10.9. The lowest BCUT2D eigenvalue weighted by Gasteiger charge is -2.26. The molecule has 0 unspecified atom stereocenters. The lowest BCUT2D eigenvalue weighted by atomic mass is 9.95. The summed E-state index contributed by atoms with van der Waals surface area (Å²) in [4.78, 5) is 0. The number of hydrogen-bond donors (Lipinski definition) is 2. The first-order valence-corrected chi connectivity index (χ1v) is 7.96. The summed E-state index contributed by atoms with van der Waals surface area (Å²) in [5, 5.41) is 14.3. The molecule has 0 aliphatic carbocycles. The predicted octanol–water partition coefficient (Wildman–Crippen LogP) is 4.58. The number of nitrogens with one attached hydrogen (secondary N) is 1. The molecule has 0 saturated carbocycles. The van der Waals surface area contributed by atoms with E-state index in [-0.39, 0.29) is 6.04 Å². The number of rotatable bonds is 6. The van der Waals surface area contributed by atoms with Gasteiger partial charge in [0.2, 0.25) is 0 Å². The van der Waals surface area contributed by atoms with Crippen molar-refractivity contribution in [3.05, 3.63) is 96.1 Å². The van der Waals surface area contributed by atoms with E-state index >= 15 is 0 Å². The van der Waals surface area contributed by atoms with E-state index in [9.17, 15) is 5.11 Å². The van der Waals surface area contributed by atoms with Crippen LogP contribution >= 0.6 is 0 Å². The van der Waals surface area contributed by atoms with E-state index in [1.807, 2.05) is 84.9 Å². The van der Waals surface area contributed by atoms with E-state index in [0.29, 0.717) is 0 Å². The quantitative estimate of drug-likeness (QED) is 0.698. The topological polar surface area (TPSA) is 41.5 Å². The molecule has 0 spiro atoms. The fourth-order valence-electron chi connectivity index (χ4n) is 2.71. The summed E-state index contributed by atoms with van der Waals surface area (Å²) in [6, 6.07) is 27.1. The molecule has 0 amide bonds. The van der Waals surface area contributed by atoms with Gasteiger partial charge in [-0.3, -0.25) is 0 Å². The summed E-state index contributed by atoms with van der Waals surface area (Å²) in [5.41, 5.74) is 2.84. The summed E-state index contributed by atoms with van der Waals surface area (Å²) >= 11 is 0. The van der Waals surface area contributed by atoms with E-state index < -0.39 is 6.10 Å². The van der Waals surface area contributed by atoms with Crippen LogP contribution in [0.2, 0.25) is 0 Å². The molecule has 0 saturated heterocycles. The van der Waals surface area contributed by atoms with E-state index in [1.165, 1.54) is 0 Å². The summed E-state index contributed by atoms with van der Waals surface area (Å²) in [6.45, 7) is 0. The first-order chi connectivity index (χ1) is 11.8. The predicted molar refractivity (Wildman–Crippen MR) is 97.2 cm³/mol. The second-order valence-corrected chi connectivity index (χ2v) is 5.62. The zero-order valence-electron chi connectivity index (χ0n) is 13.6. The number of methoxy groups -OCH3 is 1. The highest BCUT2D eigenvalue weighted by atomic mass is 16.5. The fraction of sp³-hybridized carbons (Fsp3) is 0.143. The molecule has 0 bridgehead atoms. The van der Waals surface area contributed by atoms with Crippen LogP contribution < -0.4 is 10.1 Å². The number of aliphatic hydroxyl groups is 1. The van der Waals surface area contributed by atoms with Crippen molar-refractivity contribution in [1.29, 1.82) is 0 Å². The lowest BCUT2D eigenvalue weighted by Crippen LogP contribution is -2.19. The van der Waals surface area contributed by atoms with Gasteiger partial charge in [0.05, 0.1) is 13.2 Å². The Morgan fingerprint density at radius 3 is 1.83 bits per heavy atom. The number of anilines is 1. The molecule has 3 heteroatoms. The normalized spacial score (nSPS) is 13.1. The Morgan fingerprint density at radius 2 is 1.29 bits per heavy atom. The molecule has 122 valence electrons. The molecule has 3 nitrogen and oxygen atoms in total. The van der Waals surface area contributed by atoms with Crippen LogP contribution in [0.25, 0.3) is 0 Å². The standard InChI is InChI=1S/C21H21NO2/c1-24-19-14-12-18(13-15-19)22-20(16-8-4-2-5-9-16)21(23)17-10-6-3-7-11-17/h2-15,20-23H,1H3/t20-,21+/m1/s1. The Labute approximate surface area is 142 Å². The first kappa shape index (κ1) is 16.1. The second kappa shape index (κ2) is 7.66. The van der Waals surface area contributed by atoms with Crippen LogP contribution in [0.15, 0.2) is 84.9 Å². The largest absolute Gasteiger partial charge is 0.497 e. The molecule has 2 N–H and O–H groups in total. The van der Waals surface area contributed by atoms with Gasteiger partial charge in [0.1, 0.15) is 11.9 Å². The van der Waals surface area contributed by atoms with Gasteiger partial charge in [0, 0.05) is 5.69 Å². The molecule has 0 aromatic heterocycles. The van der Waals surface area contributed by atoms with Gasteiger partial charge in [-0.05, 0) is 35.4 Å². The summed E-state index contributed by atoms with van der Waals surface area (Å²) in [5.74, 6) is 0.806. The molecule has 3 aromatic carbocycles. The molecule has 2 atom stereocenters. The van der Waals surface area contributed by atoms with Gasteiger partial charge >= 0.3 is 0 Å². The van der Waals surface area contributed by atoms with Crippen LogP contribution in [0, 0.1) is 0 Å². The molecule has 0 fully saturated rings. The van der Waals surface area contributed by atoms with Crippen LogP contribution in [-0.2, 0) is 0 Å². The third-order valence-corrected chi connectivity index (χ3v) is 4.03. The molecule has 0 aliphatic rings. The van der Waals surface area contributed by atoms with Crippen LogP contribution in [0.1, 0.15) is 23.3 Å². The van der Waals surface area contributed by atoms with Crippen molar-refractivity contribution >= 4 is 5.69 Å². The van der Waals surface area contributed by atoms with E-state index in [4.69, 9.17) is 4.74 Å². The Morgan fingerprint density at radius 1 is 0.750 bits per heavy atom. The SMILES string of the molecule is COc1ccc(N[C@H](c2ccccc2)[C@@H](O)c2ccccc2)cc1. The summed E-state index contributed by atoms with van der Waals surface area (Å²) < 4.78 is 5.20. The first-order valence-electron chi connectivity index (χ1n) is 7.96. The van der Waals surface area contributed by atoms with Gasteiger partial charge in [0.25, 0.3) is 0 Å². The van der Waals surface area contributed by atoms with Gasteiger partial charge in [-0.1, -0.05) is 60.7 Å². The number of ether oxygens (including phenoxy) is 1. The zero-order chi connectivity index (χ0) is 16.8. The monoisotopic (exact) mass is 319 g/mol. The molecule has 0 aliphatic heterocycles. The molecule has 3 rings (SSSR count). The fourth-order valence-corrected chi connectivity index (χ4v) is 2.71. The molecule has 3 aromatic rings. The molecule has 0 heterocycles. The highest BCUT2D eigenvalue weighted by molar-refractivity contribution is 5.49. The van der Waals surface area contributed by atoms with E-state index in [0.717, 1.165) is 22.6 Å². The van der Waals surface area contributed by atoms with Crippen molar-refractivity contribution in [2.24, 2.45) is 0 Å². The van der Waals surface area contributed by atoms with Crippen LogP contribution in [0.4, 0.5) is 5.69 Å². The van der Waals surface area contributed by atoms with Gasteiger partial charge in [-0.25, -0.2) is 0 Å². The zero-order valence-corrected chi connectivity index (χ0v) is 13.6. The van der Waals surface area contributed by atoms with Crippen molar-refractivity contribution < 1.29 is 9.84 Å². The number of hydrogen-bond acceptors (Lipinski definition) is 3. The van der Waals surface area contributed by atoms with Crippen LogP contribution in [0.3, 0.4) is 0 Å². The second-order valence-electron chi connectivity index (χ2n) is 5.62. The summed E-state index contributed by atoms with van der Waals surface area (Å²) in [6.07, 6.45) is -0.657. The van der Waals surface area contributed by atoms with Crippen molar-refractivity contribution in [2.45, 2.75) is 12.1 Å². The Balaban J connectivity index is 1.90. The third-order valence-electron chi connectivity index (χ3n) is 4.03.